The number of carbonyl (C=O) groups is 2. The largest absolute Gasteiger partial charge is 0.381 e. The normalized spacial score (nSPS) is 23.7. The minimum Gasteiger partial charge on any atom is -0.381 e. The first-order valence-electron chi connectivity index (χ1n) is 8.13. The molecular weight excluding hydrogens is 318 g/mol. The van der Waals surface area contributed by atoms with Crippen LogP contribution in [0.2, 0.25) is 0 Å². The first-order chi connectivity index (χ1) is 10.2. The Morgan fingerprint density at radius 2 is 1.87 bits per heavy atom. The molecule has 7 heteroatoms. The lowest BCUT2D eigenvalue weighted by atomic mass is 9.78. The topological polar surface area (TPSA) is 75.9 Å². The molecule has 2 heterocycles. The molecule has 0 saturated carbocycles. The third-order valence-corrected chi connectivity index (χ3v) is 4.92. The van der Waals surface area contributed by atoms with Crippen LogP contribution in [0.15, 0.2) is 0 Å². The SMILES string of the molecule is CC(C)N1C(=O)CN(C(=O)C2(CN)CCOCC2)CC1(C)C.Cl. The Morgan fingerprint density at radius 3 is 2.30 bits per heavy atom. The zero-order chi connectivity index (χ0) is 16.5. The van der Waals surface area contributed by atoms with Gasteiger partial charge in [0.05, 0.1) is 17.5 Å². The minimum atomic E-state index is -0.561. The predicted octanol–water partition coefficient (Wildman–Crippen LogP) is 1.02. The minimum absolute atomic E-state index is 0. The highest BCUT2D eigenvalue weighted by molar-refractivity contribution is 5.90. The van der Waals surface area contributed by atoms with Gasteiger partial charge in [-0.1, -0.05) is 0 Å². The van der Waals surface area contributed by atoms with Gasteiger partial charge in [-0.2, -0.15) is 0 Å². The van der Waals surface area contributed by atoms with Crippen molar-refractivity contribution in [3.05, 3.63) is 0 Å². The third kappa shape index (κ3) is 3.80. The molecular formula is C16H30ClN3O3. The number of rotatable bonds is 3. The molecule has 2 rings (SSSR count). The van der Waals surface area contributed by atoms with Crippen molar-refractivity contribution in [2.75, 3.05) is 32.8 Å². The van der Waals surface area contributed by atoms with Gasteiger partial charge in [-0.15, -0.1) is 12.4 Å². The van der Waals surface area contributed by atoms with Crippen LogP contribution in [0.3, 0.4) is 0 Å². The average molecular weight is 348 g/mol. The fourth-order valence-corrected chi connectivity index (χ4v) is 3.91. The van der Waals surface area contributed by atoms with Crippen molar-refractivity contribution < 1.29 is 14.3 Å². The molecule has 0 atom stereocenters. The molecule has 0 bridgehead atoms. The second kappa shape index (κ2) is 7.36. The van der Waals surface area contributed by atoms with Gasteiger partial charge in [0.2, 0.25) is 11.8 Å². The molecule has 2 amide bonds. The standard InChI is InChI=1S/C16H29N3O3.ClH/c1-12(2)19-13(20)9-18(11-15(19,3)4)14(21)16(10-17)5-7-22-8-6-16;/h12H,5-11,17H2,1-4H3;1H. The van der Waals surface area contributed by atoms with Gasteiger partial charge >= 0.3 is 0 Å². The number of nitrogens with two attached hydrogens (primary N) is 1. The van der Waals surface area contributed by atoms with Crippen molar-refractivity contribution in [1.29, 1.82) is 0 Å². The highest BCUT2D eigenvalue weighted by atomic mass is 35.5. The highest BCUT2D eigenvalue weighted by Crippen LogP contribution is 2.34. The van der Waals surface area contributed by atoms with Gasteiger partial charge in [0.25, 0.3) is 0 Å². The summed E-state index contributed by atoms with van der Waals surface area (Å²) in [7, 11) is 0. The zero-order valence-corrected chi connectivity index (χ0v) is 15.4. The van der Waals surface area contributed by atoms with Gasteiger partial charge < -0.3 is 20.3 Å². The maximum atomic E-state index is 13.0. The Bertz CT molecular complexity index is 448. The van der Waals surface area contributed by atoms with Crippen molar-refractivity contribution in [2.45, 2.75) is 52.1 Å². The number of piperazine rings is 1. The molecule has 0 aromatic heterocycles. The van der Waals surface area contributed by atoms with E-state index in [0.717, 1.165) is 0 Å². The van der Waals surface area contributed by atoms with Crippen LogP contribution in [0.1, 0.15) is 40.5 Å². The Labute approximate surface area is 145 Å². The van der Waals surface area contributed by atoms with Gasteiger partial charge in [-0.05, 0) is 40.5 Å². The van der Waals surface area contributed by atoms with Crippen molar-refractivity contribution in [2.24, 2.45) is 11.1 Å². The number of nitrogens with zero attached hydrogens (tertiary/aromatic N) is 2. The van der Waals surface area contributed by atoms with E-state index in [1.807, 2.05) is 32.6 Å². The van der Waals surface area contributed by atoms with Crippen LogP contribution in [-0.2, 0) is 14.3 Å². The lowest BCUT2D eigenvalue weighted by Crippen LogP contribution is -2.67. The molecule has 0 spiro atoms. The second-order valence-electron chi connectivity index (χ2n) is 7.43. The van der Waals surface area contributed by atoms with E-state index in [0.29, 0.717) is 39.1 Å². The van der Waals surface area contributed by atoms with Gasteiger partial charge in [-0.3, -0.25) is 9.59 Å². The zero-order valence-electron chi connectivity index (χ0n) is 14.6. The summed E-state index contributed by atoms with van der Waals surface area (Å²) >= 11 is 0. The van der Waals surface area contributed by atoms with Crippen molar-refractivity contribution in [1.82, 2.24) is 9.80 Å². The summed E-state index contributed by atoms with van der Waals surface area (Å²) < 4.78 is 5.37. The van der Waals surface area contributed by atoms with Crippen LogP contribution in [0.5, 0.6) is 0 Å². The lowest BCUT2D eigenvalue weighted by molar-refractivity contribution is -0.163. The molecule has 2 fully saturated rings. The molecule has 0 radical (unpaired) electrons. The molecule has 0 aromatic carbocycles. The van der Waals surface area contributed by atoms with E-state index in [2.05, 4.69) is 0 Å². The van der Waals surface area contributed by atoms with E-state index < -0.39 is 5.41 Å². The van der Waals surface area contributed by atoms with E-state index in [9.17, 15) is 9.59 Å². The van der Waals surface area contributed by atoms with Gasteiger partial charge in [-0.25, -0.2) is 0 Å². The van der Waals surface area contributed by atoms with Crippen LogP contribution in [0, 0.1) is 5.41 Å². The van der Waals surface area contributed by atoms with E-state index >= 15 is 0 Å². The number of halogens is 1. The molecule has 23 heavy (non-hydrogen) atoms. The number of hydrogen-bond donors (Lipinski definition) is 1. The second-order valence-corrected chi connectivity index (χ2v) is 7.43. The smallest absolute Gasteiger partial charge is 0.242 e. The van der Waals surface area contributed by atoms with Crippen molar-refractivity contribution in [3.63, 3.8) is 0 Å². The van der Waals surface area contributed by atoms with E-state index in [1.165, 1.54) is 0 Å². The lowest BCUT2D eigenvalue weighted by Gasteiger charge is -2.50. The third-order valence-electron chi connectivity index (χ3n) is 4.92. The quantitative estimate of drug-likeness (QED) is 0.827. The summed E-state index contributed by atoms with van der Waals surface area (Å²) in [6.07, 6.45) is 1.28. The number of hydrogen-bond acceptors (Lipinski definition) is 4. The molecule has 2 aliphatic heterocycles. The van der Waals surface area contributed by atoms with Crippen molar-refractivity contribution >= 4 is 24.2 Å². The Morgan fingerprint density at radius 1 is 1.30 bits per heavy atom. The van der Waals surface area contributed by atoms with Gasteiger partial charge in [0.1, 0.15) is 0 Å². The molecule has 2 N–H and O–H groups in total. The predicted molar refractivity (Wildman–Crippen MR) is 91.4 cm³/mol. The molecule has 0 unspecified atom stereocenters. The number of amides is 2. The molecule has 2 saturated heterocycles. The van der Waals surface area contributed by atoms with Crippen LogP contribution in [0.4, 0.5) is 0 Å². The molecule has 134 valence electrons. The van der Waals surface area contributed by atoms with E-state index in [-0.39, 0.29) is 42.3 Å². The maximum Gasteiger partial charge on any atom is 0.242 e. The average Bonchev–Trinajstić information content (AvgIpc) is 2.44. The first kappa shape index (κ1) is 20.2. The van der Waals surface area contributed by atoms with E-state index in [4.69, 9.17) is 10.5 Å². The van der Waals surface area contributed by atoms with E-state index in [1.54, 1.807) is 4.90 Å². The molecule has 6 nitrogen and oxygen atoms in total. The molecule has 0 aliphatic carbocycles. The Hall–Kier alpha value is -0.850. The summed E-state index contributed by atoms with van der Waals surface area (Å²) in [5.74, 6) is 0.0296. The Kier molecular flexibility index (Phi) is 6.47. The van der Waals surface area contributed by atoms with Crippen LogP contribution in [0.25, 0.3) is 0 Å². The van der Waals surface area contributed by atoms with Crippen LogP contribution < -0.4 is 5.73 Å². The fourth-order valence-electron chi connectivity index (χ4n) is 3.91. The van der Waals surface area contributed by atoms with Crippen LogP contribution in [-0.4, -0.2) is 66.0 Å². The fraction of sp³-hybridized carbons (Fsp3) is 0.875. The monoisotopic (exact) mass is 347 g/mol. The number of carbonyl (C=O) groups excluding carboxylic acids is 2. The number of ether oxygens (including phenoxy) is 1. The summed E-state index contributed by atoms with van der Waals surface area (Å²) in [4.78, 5) is 29.1. The summed E-state index contributed by atoms with van der Waals surface area (Å²) in [5.41, 5.74) is 5.00. The van der Waals surface area contributed by atoms with Gasteiger partial charge in [0.15, 0.2) is 0 Å². The molecule has 0 aromatic rings. The maximum absolute atomic E-state index is 13.0. The summed E-state index contributed by atoms with van der Waals surface area (Å²) in [6.45, 7) is 10.2. The van der Waals surface area contributed by atoms with Crippen molar-refractivity contribution in [3.8, 4) is 0 Å². The Balaban J connectivity index is 0.00000264. The molecule has 2 aliphatic rings. The summed E-state index contributed by atoms with van der Waals surface area (Å²) in [5, 5.41) is 0. The van der Waals surface area contributed by atoms with Crippen LogP contribution >= 0.6 is 12.4 Å². The van der Waals surface area contributed by atoms with Gasteiger partial charge in [0, 0.05) is 32.3 Å². The first-order valence-corrected chi connectivity index (χ1v) is 8.13. The summed E-state index contributed by atoms with van der Waals surface area (Å²) in [6, 6.07) is 0.131. The highest BCUT2D eigenvalue weighted by Gasteiger charge is 2.47.